The number of nitrogens with one attached hydrogen (secondary N) is 1. The summed E-state index contributed by atoms with van der Waals surface area (Å²) in [6.45, 7) is 0.320. The third-order valence-corrected chi connectivity index (χ3v) is 5.43. The summed E-state index contributed by atoms with van der Waals surface area (Å²) in [5, 5.41) is 14.8. The summed E-state index contributed by atoms with van der Waals surface area (Å²) in [6, 6.07) is 5.52. The first-order valence-electron chi connectivity index (χ1n) is 9.45. The molecular weight excluding hydrogens is 380 g/mol. The van der Waals surface area contributed by atoms with Crippen LogP contribution in [0.15, 0.2) is 29.3 Å². The van der Waals surface area contributed by atoms with Gasteiger partial charge in [0.1, 0.15) is 6.61 Å². The SMILES string of the molecule is CN1NC=NC1COc1nn2c(-c3ccc(F)c(F)c3)nnc2cc1C1CCC1. The van der Waals surface area contributed by atoms with E-state index in [9.17, 15) is 8.78 Å². The van der Waals surface area contributed by atoms with Gasteiger partial charge < -0.3 is 10.2 Å². The predicted molar refractivity (Wildman–Crippen MR) is 101 cm³/mol. The van der Waals surface area contributed by atoms with Gasteiger partial charge in [-0.15, -0.1) is 15.3 Å². The van der Waals surface area contributed by atoms with Gasteiger partial charge in [-0.25, -0.2) is 8.78 Å². The van der Waals surface area contributed by atoms with Gasteiger partial charge in [-0.3, -0.25) is 4.99 Å². The van der Waals surface area contributed by atoms with Crippen molar-refractivity contribution in [2.45, 2.75) is 31.3 Å². The van der Waals surface area contributed by atoms with Gasteiger partial charge in [-0.05, 0) is 43.0 Å². The van der Waals surface area contributed by atoms with Crippen LogP contribution >= 0.6 is 0 Å². The number of hydrazine groups is 1. The molecule has 0 bridgehead atoms. The molecule has 3 heterocycles. The van der Waals surface area contributed by atoms with E-state index in [2.05, 4.69) is 25.7 Å². The van der Waals surface area contributed by atoms with Crippen molar-refractivity contribution in [3.05, 3.63) is 41.5 Å². The van der Waals surface area contributed by atoms with E-state index in [1.807, 2.05) is 18.1 Å². The number of aromatic nitrogens is 4. The Bertz CT molecular complexity index is 1100. The largest absolute Gasteiger partial charge is 0.473 e. The van der Waals surface area contributed by atoms with Crippen LogP contribution in [0.3, 0.4) is 0 Å². The van der Waals surface area contributed by atoms with Crippen LogP contribution in [-0.2, 0) is 0 Å². The second-order valence-corrected chi connectivity index (χ2v) is 7.26. The van der Waals surface area contributed by atoms with E-state index < -0.39 is 11.6 Å². The van der Waals surface area contributed by atoms with Gasteiger partial charge in [-0.2, -0.15) is 9.52 Å². The highest BCUT2D eigenvalue weighted by atomic mass is 19.2. The average molecular weight is 399 g/mol. The molecule has 8 nitrogen and oxygen atoms in total. The van der Waals surface area contributed by atoms with Crippen molar-refractivity contribution in [3.8, 4) is 17.3 Å². The number of benzene rings is 1. The fraction of sp³-hybridized carbons (Fsp3) is 0.368. The number of halogens is 2. The molecule has 1 atom stereocenters. The quantitative estimate of drug-likeness (QED) is 0.710. The number of aliphatic imine (C=N–C) groups is 1. The van der Waals surface area contributed by atoms with Crippen molar-refractivity contribution in [2.75, 3.05) is 13.7 Å². The summed E-state index contributed by atoms with van der Waals surface area (Å²) in [5.74, 6) is -0.685. The Morgan fingerprint density at radius 3 is 2.72 bits per heavy atom. The minimum Gasteiger partial charge on any atom is -0.473 e. The Balaban J connectivity index is 1.54. The molecule has 1 N–H and O–H groups in total. The topological polar surface area (TPSA) is 79.9 Å². The highest BCUT2D eigenvalue weighted by Crippen LogP contribution is 2.40. The molecule has 0 amide bonds. The number of ether oxygens (including phenoxy) is 1. The number of hydrogen-bond acceptors (Lipinski definition) is 7. The van der Waals surface area contributed by atoms with E-state index >= 15 is 0 Å². The summed E-state index contributed by atoms with van der Waals surface area (Å²) < 4.78 is 34.6. The van der Waals surface area contributed by atoms with Gasteiger partial charge in [-0.1, -0.05) is 6.42 Å². The van der Waals surface area contributed by atoms with Crippen molar-refractivity contribution in [1.82, 2.24) is 30.2 Å². The van der Waals surface area contributed by atoms with Crippen molar-refractivity contribution in [1.29, 1.82) is 0 Å². The van der Waals surface area contributed by atoms with Crippen molar-refractivity contribution in [2.24, 2.45) is 4.99 Å². The molecule has 2 aromatic heterocycles. The highest BCUT2D eigenvalue weighted by molar-refractivity contribution is 5.60. The number of fused-ring (bicyclic) bond motifs is 1. The fourth-order valence-corrected chi connectivity index (χ4v) is 3.47. The van der Waals surface area contributed by atoms with Crippen LogP contribution in [0.2, 0.25) is 0 Å². The Hall–Kier alpha value is -3.14. The van der Waals surface area contributed by atoms with E-state index in [0.29, 0.717) is 35.4 Å². The fourth-order valence-electron chi connectivity index (χ4n) is 3.47. The van der Waals surface area contributed by atoms with E-state index in [1.54, 1.807) is 6.34 Å². The van der Waals surface area contributed by atoms with Crippen molar-refractivity contribution < 1.29 is 13.5 Å². The maximum Gasteiger partial charge on any atom is 0.235 e. The molecule has 1 aliphatic heterocycles. The van der Waals surface area contributed by atoms with Crippen LogP contribution in [-0.4, -0.2) is 51.0 Å². The molecule has 5 rings (SSSR count). The molecule has 1 aromatic carbocycles. The lowest BCUT2D eigenvalue weighted by Gasteiger charge is -2.27. The number of nitrogens with zero attached hydrogens (tertiary/aromatic N) is 6. The Morgan fingerprint density at radius 1 is 1.17 bits per heavy atom. The van der Waals surface area contributed by atoms with Gasteiger partial charge in [0.05, 0.1) is 6.34 Å². The highest BCUT2D eigenvalue weighted by Gasteiger charge is 2.27. The van der Waals surface area contributed by atoms with Crippen LogP contribution < -0.4 is 10.2 Å². The van der Waals surface area contributed by atoms with Crippen LogP contribution in [0.4, 0.5) is 8.78 Å². The third-order valence-electron chi connectivity index (χ3n) is 5.43. The first-order valence-corrected chi connectivity index (χ1v) is 9.45. The van der Waals surface area contributed by atoms with E-state index in [1.165, 1.54) is 17.0 Å². The lowest BCUT2D eigenvalue weighted by Crippen LogP contribution is -2.38. The van der Waals surface area contributed by atoms with Gasteiger partial charge in [0.25, 0.3) is 0 Å². The summed E-state index contributed by atoms with van der Waals surface area (Å²) in [7, 11) is 1.88. The molecule has 0 radical (unpaired) electrons. The zero-order valence-electron chi connectivity index (χ0n) is 15.7. The molecule has 10 heteroatoms. The maximum absolute atomic E-state index is 13.7. The van der Waals surface area contributed by atoms with E-state index in [0.717, 1.165) is 30.5 Å². The van der Waals surface area contributed by atoms with E-state index in [4.69, 9.17) is 4.74 Å². The van der Waals surface area contributed by atoms with Crippen LogP contribution in [0.5, 0.6) is 5.88 Å². The van der Waals surface area contributed by atoms with Gasteiger partial charge in [0.2, 0.25) is 5.88 Å². The molecular formula is C19H19F2N7O. The minimum absolute atomic E-state index is 0.159. The molecule has 150 valence electrons. The maximum atomic E-state index is 13.7. The van der Waals surface area contributed by atoms with Crippen LogP contribution in [0.1, 0.15) is 30.7 Å². The second-order valence-electron chi connectivity index (χ2n) is 7.26. The molecule has 1 saturated carbocycles. The monoisotopic (exact) mass is 399 g/mol. The Labute approximate surface area is 165 Å². The normalized spacial score (nSPS) is 19.5. The summed E-state index contributed by atoms with van der Waals surface area (Å²) >= 11 is 0. The van der Waals surface area contributed by atoms with E-state index in [-0.39, 0.29) is 6.17 Å². The van der Waals surface area contributed by atoms with Gasteiger partial charge in [0, 0.05) is 18.2 Å². The standard InChI is InChI=1S/C19H19F2N7O/c1-27-17(22-10-23-27)9-29-19-13(11-3-2-4-11)8-16-24-25-18(28(16)26-19)12-5-6-14(20)15(21)7-12/h5-8,10-11,17H,2-4,9H2,1H3,(H,22,23). The van der Waals surface area contributed by atoms with Gasteiger partial charge >= 0.3 is 0 Å². The van der Waals surface area contributed by atoms with Crippen molar-refractivity contribution in [3.63, 3.8) is 0 Å². The first-order chi connectivity index (χ1) is 14.1. The van der Waals surface area contributed by atoms with Crippen LogP contribution in [0.25, 0.3) is 17.0 Å². The Kier molecular flexibility index (Phi) is 4.35. The zero-order chi connectivity index (χ0) is 20.0. The Morgan fingerprint density at radius 2 is 2.03 bits per heavy atom. The number of likely N-dealkylation sites (N-methyl/N-ethyl adjacent to an activating group) is 1. The molecule has 2 aliphatic rings. The lowest BCUT2D eigenvalue weighted by molar-refractivity contribution is 0.156. The smallest absolute Gasteiger partial charge is 0.235 e. The molecule has 1 fully saturated rings. The summed E-state index contributed by atoms with van der Waals surface area (Å²) in [5.41, 5.74) is 4.90. The summed E-state index contributed by atoms with van der Waals surface area (Å²) in [4.78, 5) is 4.30. The summed E-state index contributed by atoms with van der Waals surface area (Å²) in [6.07, 6.45) is 4.77. The number of hydrogen-bond donors (Lipinski definition) is 1. The lowest BCUT2D eigenvalue weighted by atomic mass is 9.80. The molecule has 3 aromatic rings. The first kappa shape index (κ1) is 17.9. The molecule has 1 unspecified atom stereocenters. The average Bonchev–Trinajstić information content (AvgIpc) is 3.26. The van der Waals surface area contributed by atoms with Crippen LogP contribution in [0, 0.1) is 11.6 Å². The third kappa shape index (κ3) is 3.19. The van der Waals surface area contributed by atoms with Gasteiger partial charge in [0.15, 0.2) is 29.3 Å². The van der Waals surface area contributed by atoms with Crippen molar-refractivity contribution >= 4 is 12.0 Å². The predicted octanol–water partition coefficient (Wildman–Crippen LogP) is 2.52. The molecule has 0 spiro atoms. The molecule has 1 aliphatic carbocycles. The zero-order valence-corrected chi connectivity index (χ0v) is 15.7. The molecule has 29 heavy (non-hydrogen) atoms. The minimum atomic E-state index is -0.948. The number of rotatable bonds is 5. The second kappa shape index (κ2) is 7.03. The molecule has 0 saturated heterocycles.